The van der Waals surface area contributed by atoms with Gasteiger partial charge in [-0.05, 0) is 24.6 Å². The van der Waals surface area contributed by atoms with Gasteiger partial charge in [-0.25, -0.2) is 9.78 Å². The molecule has 0 radical (unpaired) electrons. The number of rotatable bonds is 7. The number of piperazine rings is 1. The Morgan fingerprint density at radius 1 is 1.18 bits per heavy atom. The van der Waals surface area contributed by atoms with Gasteiger partial charge in [0.15, 0.2) is 0 Å². The standard InChI is InChI=1S/C20H27N5O3/c1-15-13-18(25-9-7-24(8-10-25)11-12-26)23-20(22-15)21-14-16-3-5-17(6-4-16)19(27)28-2/h3-6,13,26H,7-12,14H2,1-2H3,(H,21,22,23). The van der Waals surface area contributed by atoms with E-state index >= 15 is 0 Å². The summed E-state index contributed by atoms with van der Waals surface area (Å²) in [5.41, 5.74) is 2.46. The first-order chi connectivity index (χ1) is 13.6. The van der Waals surface area contributed by atoms with Crippen molar-refractivity contribution in [3.05, 3.63) is 47.2 Å². The predicted molar refractivity (Wildman–Crippen MR) is 108 cm³/mol. The fourth-order valence-electron chi connectivity index (χ4n) is 3.19. The second-order valence-electron chi connectivity index (χ2n) is 6.79. The lowest BCUT2D eigenvalue weighted by Gasteiger charge is -2.35. The molecule has 1 aromatic carbocycles. The average molecular weight is 385 g/mol. The van der Waals surface area contributed by atoms with Crippen LogP contribution in [0.1, 0.15) is 21.6 Å². The minimum Gasteiger partial charge on any atom is -0.465 e. The number of aromatic nitrogens is 2. The third kappa shape index (κ3) is 5.17. The van der Waals surface area contributed by atoms with Crippen LogP contribution in [0.15, 0.2) is 30.3 Å². The van der Waals surface area contributed by atoms with Crippen LogP contribution in [0.4, 0.5) is 11.8 Å². The van der Waals surface area contributed by atoms with Crippen molar-refractivity contribution in [2.75, 3.05) is 56.7 Å². The first-order valence-corrected chi connectivity index (χ1v) is 9.44. The van der Waals surface area contributed by atoms with E-state index < -0.39 is 0 Å². The lowest BCUT2D eigenvalue weighted by atomic mass is 10.1. The summed E-state index contributed by atoms with van der Waals surface area (Å²) in [5.74, 6) is 1.16. The fourth-order valence-corrected chi connectivity index (χ4v) is 3.19. The van der Waals surface area contributed by atoms with Crippen molar-refractivity contribution in [3.8, 4) is 0 Å². The SMILES string of the molecule is COC(=O)c1ccc(CNc2nc(C)cc(N3CCN(CCO)CC3)n2)cc1. The number of β-amino-alcohol motifs (C(OH)–C–C–N with tert-alkyl or cyclic N) is 1. The molecule has 1 fully saturated rings. The van der Waals surface area contributed by atoms with E-state index in [4.69, 9.17) is 9.84 Å². The molecule has 0 bridgehead atoms. The number of aryl methyl sites for hydroxylation is 1. The Kier molecular flexibility index (Phi) is 6.78. The highest BCUT2D eigenvalue weighted by molar-refractivity contribution is 5.89. The van der Waals surface area contributed by atoms with E-state index in [2.05, 4.69) is 25.1 Å². The number of hydrogen-bond donors (Lipinski definition) is 2. The average Bonchev–Trinajstić information content (AvgIpc) is 2.72. The number of nitrogens with zero attached hydrogens (tertiary/aromatic N) is 4. The van der Waals surface area contributed by atoms with Crippen molar-refractivity contribution in [2.45, 2.75) is 13.5 Å². The molecule has 2 N–H and O–H groups in total. The Bertz CT molecular complexity index is 789. The van der Waals surface area contributed by atoms with Gasteiger partial charge in [-0.2, -0.15) is 4.98 Å². The van der Waals surface area contributed by atoms with Gasteiger partial charge in [-0.3, -0.25) is 4.90 Å². The number of hydrogen-bond acceptors (Lipinski definition) is 8. The van der Waals surface area contributed by atoms with Crippen LogP contribution in [-0.4, -0.2) is 72.4 Å². The molecule has 3 rings (SSSR count). The topological polar surface area (TPSA) is 90.8 Å². The minimum atomic E-state index is -0.342. The summed E-state index contributed by atoms with van der Waals surface area (Å²) in [5, 5.41) is 12.3. The lowest BCUT2D eigenvalue weighted by Crippen LogP contribution is -2.47. The molecule has 2 aromatic rings. The van der Waals surface area contributed by atoms with E-state index in [1.165, 1.54) is 7.11 Å². The van der Waals surface area contributed by atoms with E-state index in [0.29, 0.717) is 18.1 Å². The largest absolute Gasteiger partial charge is 0.465 e. The maximum atomic E-state index is 11.5. The van der Waals surface area contributed by atoms with E-state index in [1.807, 2.05) is 25.1 Å². The molecular formula is C20H27N5O3. The molecule has 1 saturated heterocycles. The monoisotopic (exact) mass is 385 g/mol. The van der Waals surface area contributed by atoms with Crippen LogP contribution in [0.3, 0.4) is 0 Å². The highest BCUT2D eigenvalue weighted by Gasteiger charge is 2.18. The van der Waals surface area contributed by atoms with E-state index in [1.54, 1.807) is 12.1 Å². The molecule has 8 nitrogen and oxygen atoms in total. The van der Waals surface area contributed by atoms with Crippen molar-refractivity contribution in [2.24, 2.45) is 0 Å². The van der Waals surface area contributed by atoms with Crippen LogP contribution in [0.25, 0.3) is 0 Å². The normalized spacial score (nSPS) is 14.8. The van der Waals surface area contributed by atoms with Crippen LogP contribution in [0.5, 0.6) is 0 Å². The first-order valence-electron chi connectivity index (χ1n) is 9.44. The summed E-state index contributed by atoms with van der Waals surface area (Å²) in [4.78, 5) is 25.2. The van der Waals surface area contributed by atoms with Crippen molar-refractivity contribution in [1.29, 1.82) is 0 Å². The van der Waals surface area contributed by atoms with Crippen LogP contribution >= 0.6 is 0 Å². The molecule has 28 heavy (non-hydrogen) atoms. The molecule has 8 heteroatoms. The molecule has 0 saturated carbocycles. The zero-order valence-electron chi connectivity index (χ0n) is 16.4. The summed E-state index contributed by atoms with van der Waals surface area (Å²) in [7, 11) is 1.37. The van der Waals surface area contributed by atoms with Crippen LogP contribution in [0.2, 0.25) is 0 Å². The van der Waals surface area contributed by atoms with Gasteiger partial charge in [-0.1, -0.05) is 12.1 Å². The van der Waals surface area contributed by atoms with Crippen LogP contribution in [-0.2, 0) is 11.3 Å². The van der Waals surface area contributed by atoms with Crippen LogP contribution in [0, 0.1) is 6.92 Å². The quantitative estimate of drug-likeness (QED) is 0.689. The summed E-state index contributed by atoms with van der Waals surface area (Å²) >= 11 is 0. The summed E-state index contributed by atoms with van der Waals surface area (Å²) in [6, 6.07) is 9.26. The van der Waals surface area contributed by atoms with Gasteiger partial charge in [0.2, 0.25) is 5.95 Å². The fraction of sp³-hybridized carbons (Fsp3) is 0.450. The zero-order valence-corrected chi connectivity index (χ0v) is 16.4. The highest BCUT2D eigenvalue weighted by atomic mass is 16.5. The van der Waals surface area contributed by atoms with Crippen molar-refractivity contribution in [1.82, 2.24) is 14.9 Å². The van der Waals surface area contributed by atoms with E-state index in [9.17, 15) is 4.79 Å². The molecule has 1 aliphatic rings. The maximum Gasteiger partial charge on any atom is 0.337 e. The molecule has 0 unspecified atom stereocenters. The third-order valence-electron chi connectivity index (χ3n) is 4.78. The number of carbonyl (C=O) groups is 1. The van der Waals surface area contributed by atoms with Gasteiger partial charge in [0.25, 0.3) is 0 Å². The molecule has 1 aromatic heterocycles. The second kappa shape index (κ2) is 9.48. The molecule has 0 atom stereocenters. The number of esters is 1. The first kappa shape index (κ1) is 20.0. The summed E-state index contributed by atoms with van der Waals surface area (Å²) in [6.45, 7) is 7.03. The van der Waals surface area contributed by atoms with Gasteiger partial charge in [0.05, 0.1) is 19.3 Å². The Labute approximate surface area is 165 Å². The number of benzene rings is 1. The van der Waals surface area contributed by atoms with Gasteiger partial charge in [0, 0.05) is 51.0 Å². The van der Waals surface area contributed by atoms with Crippen molar-refractivity contribution in [3.63, 3.8) is 0 Å². The minimum absolute atomic E-state index is 0.196. The molecule has 0 aliphatic carbocycles. The smallest absolute Gasteiger partial charge is 0.337 e. The summed E-state index contributed by atoms with van der Waals surface area (Å²) < 4.78 is 4.71. The Morgan fingerprint density at radius 2 is 1.89 bits per heavy atom. The van der Waals surface area contributed by atoms with Gasteiger partial charge in [-0.15, -0.1) is 0 Å². The number of ether oxygens (including phenoxy) is 1. The zero-order chi connectivity index (χ0) is 19.9. The predicted octanol–water partition coefficient (Wildman–Crippen LogP) is 1.30. The van der Waals surface area contributed by atoms with E-state index in [0.717, 1.165) is 49.8 Å². The van der Waals surface area contributed by atoms with Gasteiger partial charge >= 0.3 is 5.97 Å². The van der Waals surface area contributed by atoms with Crippen LogP contribution < -0.4 is 10.2 Å². The third-order valence-corrected chi connectivity index (χ3v) is 4.78. The number of aliphatic hydroxyl groups is 1. The highest BCUT2D eigenvalue weighted by Crippen LogP contribution is 2.17. The van der Waals surface area contributed by atoms with Crippen molar-refractivity contribution < 1.29 is 14.6 Å². The number of methoxy groups -OCH3 is 1. The molecule has 1 aliphatic heterocycles. The lowest BCUT2D eigenvalue weighted by molar-refractivity contribution is 0.0600. The maximum absolute atomic E-state index is 11.5. The molecular weight excluding hydrogens is 358 g/mol. The Hall–Kier alpha value is -2.71. The van der Waals surface area contributed by atoms with Crippen molar-refractivity contribution >= 4 is 17.7 Å². The number of anilines is 2. The van der Waals surface area contributed by atoms with Gasteiger partial charge < -0.3 is 20.1 Å². The molecule has 2 heterocycles. The molecule has 0 spiro atoms. The number of nitrogens with one attached hydrogen (secondary N) is 1. The Morgan fingerprint density at radius 3 is 2.54 bits per heavy atom. The number of aliphatic hydroxyl groups excluding tert-OH is 1. The van der Waals surface area contributed by atoms with Gasteiger partial charge in [0.1, 0.15) is 5.82 Å². The van der Waals surface area contributed by atoms with E-state index in [-0.39, 0.29) is 12.6 Å². The molecule has 0 amide bonds. The second-order valence-corrected chi connectivity index (χ2v) is 6.79. The Balaban J connectivity index is 1.61. The molecule has 150 valence electrons. The summed E-state index contributed by atoms with van der Waals surface area (Å²) in [6.07, 6.45) is 0. The number of carbonyl (C=O) groups excluding carboxylic acids is 1.